The summed E-state index contributed by atoms with van der Waals surface area (Å²) in [6.45, 7) is 6.02. The zero-order chi connectivity index (χ0) is 29.6. The first-order chi connectivity index (χ1) is 19.5. The van der Waals surface area contributed by atoms with E-state index in [9.17, 15) is 14.4 Å². The summed E-state index contributed by atoms with van der Waals surface area (Å²) in [5, 5.41) is 7.55. The van der Waals surface area contributed by atoms with Crippen molar-refractivity contribution in [3.05, 3.63) is 65.9 Å². The molecule has 3 aromatic rings. The van der Waals surface area contributed by atoms with Gasteiger partial charge in [-0.3, -0.25) is 9.59 Å². The van der Waals surface area contributed by atoms with Gasteiger partial charge in [-0.15, -0.1) is 0 Å². The lowest BCUT2D eigenvalue weighted by Crippen LogP contribution is -2.58. The first-order valence-electron chi connectivity index (χ1n) is 13.9. The Kier molecular flexibility index (Phi) is 9.31. The maximum Gasteiger partial charge on any atom is 0.408 e. The predicted octanol–water partition coefficient (Wildman–Crippen LogP) is 3.96. The molecule has 0 spiro atoms. The number of carbonyl (C=O) groups is 3. The van der Waals surface area contributed by atoms with Crippen LogP contribution in [0.3, 0.4) is 0 Å². The molecule has 4 N–H and O–H groups in total. The van der Waals surface area contributed by atoms with Gasteiger partial charge in [0, 0.05) is 31.1 Å². The van der Waals surface area contributed by atoms with E-state index in [0.717, 1.165) is 34.7 Å². The molecule has 1 aliphatic rings. The average molecular weight is 562 g/mol. The molecule has 2 atom stereocenters. The number of alkyl carbamates (subject to hydrolysis) is 1. The summed E-state index contributed by atoms with van der Waals surface area (Å²) in [5.41, 5.74) is 6.98. The Morgan fingerprint density at radius 3 is 2.51 bits per heavy atom. The van der Waals surface area contributed by atoms with Crippen LogP contribution in [0.15, 0.2) is 54.7 Å². The zero-order valence-corrected chi connectivity index (χ0v) is 24.1. The molecular formula is C31H39N5O5. The van der Waals surface area contributed by atoms with E-state index in [4.69, 9.17) is 15.2 Å². The minimum atomic E-state index is -0.911. The largest absolute Gasteiger partial charge is 0.497 e. The lowest BCUT2D eigenvalue weighted by molar-refractivity contribution is -0.143. The summed E-state index contributed by atoms with van der Waals surface area (Å²) in [5.74, 6) is 0.600. The molecule has 0 bridgehead atoms. The van der Waals surface area contributed by atoms with Gasteiger partial charge in [-0.05, 0) is 80.8 Å². The Labute approximate surface area is 240 Å². The van der Waals surface area contributed by atoms with Crippen LogP contribution in [0.5, 0.6) is 5.75 Å². The Morgan fingerprint density at radius 1 is 1.07 bits per heavy atom. The van der Waals surface area contributed by atoms with E-state index in [0.29, 0.717) is 31.1 Å². The van der Waals surface area contributed by atoms with Crippen LogP contribution in [0.2, 0.25) is 0 Å². The molecule has 0 saturated carbocycles. The van der Waals surface area contributed by atoms with Crippen molar-refractivity contribution in [3.63, 3.8) is 0 Å². The molecule has 2 heterocycles. The molecule has 1 aromatic heterocycles. The van der Waals surface area contributed by atoms with Crippen molar-refractivity contribution in [2.24, 2.45) is 0 Å². The fraction of sp³-hybridized carbons (Fsp3) is 0.419. The monoisotopic (exact) mass is 561 g/mol. The molecule has 0 aliphatic carbocycles. The number of nitrogen functional groups attached to an aromatic ring is 1. The number of carbonyl (C=O) groups excluding carboxylic acids is 3. The Hall–Kier alpha value is -4.34. The Balaban J connectivity index is 1.49. The van der Waals surface area contributed by atoms with Crippen molar-refractivity contribution in [3.8, 4) is 5.75 Å². The van der Waals surface area contributed by atoms with Gasteiger partial charge < -0.3 is 30.7 Å². The second-order valence-corrected chi connectivity index (χ2v) is 11.3. The number of amides is 3. The van der Waals surface area contributed by atoms with E-state index in [1.807, 2.05) is 36.4 Å². The number of anilines is 1. The fourth-order valence-electron chi connectivity index (χ4n) is 4.98. The quantitative estimate of drug-likeness (QED) is 0.379. The van der Waals surface area contributed by atoms with Crippen LogP contribution in [-0.4, -0.2) is 59.1 Å². The molecule has 10 nitrogen and oxygen atoms in total. The smallest absolute Gasteiger partial charge is 0.408 e. The van der Waals surface area contributed by atoms with Gasteiger partial charge in [0.1, 0.15) is 29.3 Å². The molecule has 3 amide bonds. The molecule has 0 radical (unpaired) electrons. The Bertz CT molecular complexity index is 1390. The SMILES string of the molecule is COc1ccc(C[C@@H](NC(=O)OC(C)(C)C)C(=O)N2CCCC[C@H]2C(=O)NCc2ccc3c(N)nccc3c2)cc1. The third-order valence-corrected chi connectivity index (χ3v) is 7.00. The van der Waals surface area contributed by atoms with Crippen LogP contribution in [-0.2, 0) is 27.3 Å². The summed E-state index contributed by atoms with van der Waals surface area (Å²) >= 11 is 0. The van der Waals surface area contributed by atoms with Gasteiger partial charge >= 0.3 is 6.09 Å². The highest BCUT2D eigenvalue weighted by atomic mass is 16.6. The van der Waals surface area contributed by atoms with Crippen molar-refractivity contribution in [1.29, 1.82) is 0 Å². The molecule has 218 valence electrons. The molecule has 4 rings (SSSR count). The highest BCUT2D eigenvalue weighted by Gasteiger charge is 2.36. The van der Waals surface area contributed by atoms with Crippen LogP contribution in [0.4, 0.5) is 10.6 Å². The number of nitrogens with one attached hydrogen (secondary N) is 2. The number of nitrogens with zero attached hydrogens (tertiary/aromatic N) is 2. The van der Waals surface area contributed by atoms with Crippen LogP contribution < -0.4 is 21.1 Å². The highest BCUT2D eigenvalue weighted by Crippen LogP contribution is 2.22. The van der Waals surface area contributed by atoms with Crippen LogP contribution in [0, 0.1) is 0 Å². The molecular weight excluding hydrogens is 522 g/mol. The van der Waals surface area contributed by atoms with Crippen molar-refractivity contribution >= 4 is 34.5 Å². The van der Waals surface area contributed by atoms with E-state index in [1.54, 1.807) is 51.1 Å². The second kappa shape index (κ2) is 12.9. The minimum absolute atomic E-state index is 0.229. The average Bonchev–Trinajstić information content (AvgIpc) is 2.94. The lowest BCUT2D eigenvalue weighted by atomic mass is 9.98. The standard InChI is InChI=1S/C31H39N5O5/c1-31(2,3)41-30(39)35-25(18-20-8-11-23(40-4)12-9-20)29(38)36-16-6-5-7-26(36)28(37)34-19-21-10-13-24-22(17-21)14-15-33-27(24)32/h8-15,17,25-26H,5-7,16,18-19H2,1-4H3,(H2,32,33)(H,34,37)(H,35,39)/t25-,26+/m1/s1. The van der Waals surface area contributed by atoms with Crippen molar-refractivity contribution in [2.45, 2.75) is 70.7 Å². The molecule has 1 aliphatic heterocycles. The summed E-state index contributed by atoms with van der Waals surface area (Å²) < 4.78 is 10.7. The molecule has 10 heteroatoms. The maximum atomic E-state index is 13.9. The van der Waals surface area contributed by atoms with Crippen molar-refractivity contribution in [2.75, 3.05) is 19.4 Å². The van der Waals surface area contributed by atoms with E-state index in [2.05, 4.69) is 15.6 Å². The number of ether oxygens (including phenoxy) is 2. The van der Waals surface area contributed by atoms with Gasteiger partial charge in [0.05, 0.1) is 7.11 Å². The summed E-state index contributed by atoms with van der Waals surface area (Å²) in [4.78, 5) is 45.8. The zero-order valence-electron chi connectivity index (χ0n) is 24.1. The van der Waals surface area contributed by atoms with Crippen molar-refractivity contribution < 1.29 is 23.9 Å². The summed E-state index contributed by atoms with van der Waals surface area (Å²) in [6, 6.07) is 13.4. The number of fused-ring (bicyclic) bond motifs is 1. The number of likely N-dealkylation sites (tertiary alicyclic amines) is 1. The van der Waals surface area contributed by atoms with Gasteiger partial charge in [0.25, 0.3) is 0 Å². The number of hydrogen-bond donors (Lipinski definition) is 3. The molecule has 41 heavy (non-hydrogen) atoms. The number of aromatic nitrogens is 1. The third kappa shape index (κ3) is 7.87. The van der Waals surface area contributed by atoms with Gasteiger partial charge in [-0.25, -0.2) is 9.78 Å². The van der Waals surface area contributed by atoms with Gasteiger partial charge in [0.15, 0.2) is 0 Å². The number of nitrogens with two attached hydrogens (primary N) is 1. The van der Waals surface area contributed by atoms with Crippen molar-refractivity contribution in [1.82, 2.24) is 20.5 Å². The normalized spacial score (nSPS) is 16.1. The van der Waals surface area contributed by atoms with E-state index >= 15 is 0 Å². The third-order valence-electron chi connectivity index (χ3n) is 7.00. The topological polar surface area (TPSA) is 136 Å². The minimum Gasteiger partial charge on any atom is -0.497 e. The van der Waals surface area contributed by atoms with Gasteiger partial charge in [-0.1, -0.05) is 24.3 Å². The Morgan fingerprint density at radius 2 is 1.80 bits per heavy atom. The van der Waals surface area contributed by atoms with Crippen LogP contribution in [0.1, 0.15) is 51.2 Å². The number of rotatable bonds is 8. The first-order valence-corrected chi connectivity index (χ1v) is 13.9. The van der Waals surface area contributed by atoms with Crippen LogP contribution >= 0.6 is 0 Å². The predicted molar refractivity (Wildman–Crippen MR) is 157 cm³/mol. The number of methoxy groups -OCH3 is 1. The van der Waals surface area contributed by atoms with Gasteiger partial charge in [-0.2, -0.15) is 0 Å². The number of benzene rings is 2. The van der Waals surface area contributed by atoms with Crippen LogP contribution in [0.25, 0.3) is 10.8 Å². The molecule has 1 fully saturated rings. The second-order valence-electron chi connectivity index (χ2n) is 11.3. The highest BCUT2D eigenvalue weighted by molar-refractivity contribution is 5.92. The summed E-state index contributed by atoms with van der Waals surface area (Å²) in [7, 11) is 1.58. The lowest BCUT2D eigenvalue weighted by Gasteiger charge is -2.37. The number of pyridine rings is 1. The molecule has 0 unspecified atom stereocenters. The first kappa shape index (κ1) is 29.6. The molecule has 1 saturated heterocycles. The number of hydrogen-bond acceptors (Lipinski definition) is 7. The van der Waals surface area contributed by atoms with E-state index in [-0.39, 0.29) is 18.2 Å². The summed E-state index contributed by atoms with van der Waals surface area (Å²) in [6.07, 6.45) is 3.35. The van der Waals surface area contributed by atoms with Gasteiger partial charge in [0.2, 0.25) is 11.8 Å². The number of piperidine rings is 1. The fourth-order valence-corrected chi connectivity index (χ4v) is 4.98. The van der Waals surface area contributed by atoms with E-state index in [1.165, 1.54) is 0 Å². The molecule has 2 aromatic carbocycles. The maximum absolute atomic E-state index is 13.9. The van der Waals surface area contributed by atoms with E-state index < -0.39 is 23.8 Å².